The van der Waals surface area contributed by atoms with Crippen molar-refractivity contribution in [2.24, 2.45) is 5.10 Å². The van der Waals surface area contributed by atoms with Gasteiger partial charge in [-0.15, -0.1) is 0 Å². The first-order chi connectivity index (χ1) is 14.7. The Hall–Kier alpha value is -3.27. The van der Waals surface area contributed by atoms with Gasteiger partial charge < -0.3 is 14.2 Å². The van der Waals surface area contributed by atoms with Gasteiger partial charge in [-0.1, -0.05) is 12.1 Å². The third-order valence-corrected chi connectivity index (χ3v) is 5.43. The molecule has 0 saturated heterocycles. The summed E-state index contributed by atoms with van der Waals surface area (Å²) in [5, 5.41) is 5.95. The van der Waals surface area contributed by atoms with E-state index >= 15 is 0 Å². The second-order valence-corrected chi connectivity index (χ2v) is 8.79. The zero-order chi connectivity index (χ0) is 22.8. The highest BCUT2D eigenvalue weighted by Gasteiger charge is 2.33. The third-order valence-electron chi connectivity index (χ3n) is 4.83. The normalized spacial score (nSPS) is 16.0. The number of anilines is 1. The Balaban J connectivity index is 1.94. The zero-order valence-corrected chi connectivity index (χ0v) is 18.8. The number of nitrogens with one attached hydrogen (secondary N) is 1. The molecule has 0 aromatic heterocycles. The number of sulfonamides is 1. The number of carbonyl (C=O) groups excluding carboxylic acids is 1. The van der Waals surface area contributed by atoms with E-state index in [1.165, 1.54) is 33.3 Å². The smallest absolute Gasteiger partial charge is 0.240 e. The largest absolute Gasteiger partial charge is 0.493 e. The molecule has 9 nitrogen and oxygen atoms in total. The lowest BCUT2D eigenvalue weighted by molar-refractivity contribution is -0.130. The molecule has 31 heavy (non-hydrogen) atoms. The fraction of sp³-hybridized carbons (Fsp3) is 0.333. The Kier molecular flexibility index (Phi) is 6.40. The Morgan fingerprint density at radius 2 is 1.65 bits per heavy atom. The molecule has 1 atom stereocenters. The van der Waals surface area contributed by atoms with Crippen molar-refractivity contribution in [3.05, 3.63) is 47.5 Å². The fourth-order valence-electron chi connectivity index (χ4n) is 3.47. The van der Waals surface area contributed by atoms with Gasteiger partial charge >= 0.3 is 0 Å². The van der Waals surface area contributed by atoms with E-state index in [2.05, 4.69) is 9.82 Å². The third kappa shape index (κ3) is 4.91. The van der Waals surface area contributed by atoms with Crippen molar-refractivity contribution in [3.63, 3.8) is 0 Å². The molecule has 1 N–H and O–H groups in total. The first-order valence-corrected chi connectivity index (χ1v) is 11.3. The van der Waals surface area contributed by atoms with Crippen LogP contribution in [-0.4, -0.2) is 52.6 Å². The van der Waals surface area contributed by atoms with E-state index in [-0.39, 0.29) is 11.9 Å². The van der Waals surface area contributed by atoms with Crippen LogP contribution in [0.4, 0.5) is 5.69 Å². The van der Waals surface area contributed by atoms with Crippen LogP contribution in [0.1, 0.15) is 30.5 Å². The molecule has 1 amide bonds. The van der Waals surface area contributed by atoms with Gasteiger partial charge in [-0.05, 0) is 35.4 Å². The van der Waals surface area contributed by atoms with E-state index in [9.17, 15) is 13.2 Å². The number of carbonyl (C=O) groups is 1. The minimum atomic E-state index is -3.36. The zero-order valence-electron chi connectivity index (χ0n) is 18.0. The Bertz CT molecular complexity index is 1090. The summed E-state index contributed by atoms with van der Waals surface area (Å²) in [6, 6.07) is 10.1. The molecule has 10 heteroatoms. The highest BCUT2D eigenvalue weighted by atomic mass is 32.2. The lowest BCUT2D eigenvalue weighted by Crippen LogP contribution is -2.24. The van der Waals surface area contributed by atoms with E-state index in [4.69, 9.17) is 14.2 Å². The molecule has 1 aliphatic heterocycles. The number of methoxy groups -OCH3 is 3. The van der Waals surface area contributed by atoms with Gasteiger partial charge in [-0.25, -0.2) is 13.4 Å². The minimum absolute atomic E-state index is 0.205. The summed E-state index contributed by atoms with van der Waals surface area (Å²) in [7, 11) is 1.24. The predicted octanol–water partition coefficient (Wildman–Crippen LogP) is 2.78. The van der Waals surface area contributed by atoms with Crippen molar-refractivity contribution >= 4 is 27.3 Å². The topological polar surface area (TPSA) is 107 Å². The number of benzene rings is 2. The van der Waals surface area contributed by atoms with Crippen molar-refractivity contribution in [1.82, 2.24) is 5.01 Å². The number of amides is 1. The fourth-order valence-corrected chi connectivity index (χ4v) is 4.04. The average molecular weight is 448 g/mol. The van der Waals surface area contributed by atoms with Gasteiger partial charge in [0.2, 0.25) is 21.7 Å². The highest BCUT2D eigenvalue weighted by Crippen LogP contribution is 2.43. The quantitative estimate of drug-likeness (QED) is 0.700. The summed E-state index contributed by atoms with van der Waals surface area (Å²) in [6.07, 6.45) is 1.56. The van der Waals surface area contributed by atoms with Crippen LogP contribution >= 0.6 is 0 Å². The van der Waals surface area contributed by atoms with Gasteiger partial charge in [0.05, 0.1) is 39.3 Å². The molecule has 2 aromatic rings. The number of rotatable bonds is 7. The van der Waals surface area contributed by atoms with Gasteiger partial charge in [-0.2, -0.15) is 5.10 Å². The lowest BCUT2D eigenvalue weighted by atomic mass is 9.97. The van der Waals surface area contributed by atoms with Crippen molar-refractivity contribution in [1.29, 1.82) is 0 Å². The maximum absolute atomic E-state index is 12.3. The highest BCUT2D eigenvalue weighted by molar-refractivity contribution is 7.92. The molecular formula is C21H25N3O6S. The summed E-state index contributed by atoms with van der Waals surface area (Å²) in [5.74, 6) is 1.25. The van der Waals surface area contributed by atoms with Gasteiger partial charge in [-0.3, -0.25) is 9.52 Å². The van der Waals surface area contributed by atoms with Crippen molar-refractivity contribution in [2.45, 2.75) is 19.4 Å². The predicted molar refractivity (Wildman–Crippen MR) is 117 cm³/mol. The molecule has 0 unspecified atom stereocenters. The van der Waals surface area contributed by atoms with Gasteiger partial charge in [0, 0.05) is 19.0 Å². The second kappa shape index (κ2) is 8.84. The van der Waals surface area contributed by atoms with Crippen molar-refractivity contribution in [2.75, 3.05) is 32.3 Å². The van der Waals surface area contributed by atoms with Crippen LogP contribution in [0.3, 0.4) is 0 Å². The van der Waals surface area contributed by atoms with Crippen LogP contribution in [0.15, 0.2) is 41.5 Å². The summed E-state index contributed by atoms with van der Waals surface area (Å²) in [5.41, 5.74) is 2.74. The van der Waals surface area contributed by atoms with E-state index in [0.29, 0.717) is 35.1 Å². The minimum Gasteiger partial charge on any atom is -0.493 e. The van der Waals surface area contributed by atoms with Crippen LogP contribution in [0.5, 0.6) is 17.2 Å². The summed E-state index contributed by atoms with van der Waals surface area (Å²) in [6.45, 7) is 1.45. The molecule has 0 bridgehead atoms. The standard InChI is InChI=1S/C21H25N3O6S/c1-13(25)24-18(15-10-19(28-2)21(30-4)20(11-15)29-3)12-17(22-24)14-6-8-16(9-7-14)23-31(5,26)27/h6-11,18,23H,12H2,1-5H3/t18-/m1/s1. The Morgan fingerprint density at radius 1 is 1.06 bits per heavy atom. The number of ether oxygens (including phenoxy) is 3. The van der Waals surface area contributed by atoms with E-state index < -0.39 is 10.0 Å². The average Bonchev–Trinajstić information content (AvgIpc) is 3.17. The molecule has 2 aromatic carbocycles. The molecule has 0 radical (unpaired) electrons. The molecule has 0 saturated carbocycles. The lowest BCUT2D eigenvalue weighted by Gasteiger charge is -2.22. The number of hydrogen-bond donors (Lipinski definition) is 1. The summed E-state index contributed by atoms with van der Waals surface area (Å²) >= 11 is 0. The van der Waals surface area contributed by atoms with Crippen LogP contribution in [0.25, 0.3) is 0 Å². The molecule has 0 spiro atoms. The maximum atomic E-state index is 12.3. The SMILES string of the molecule is COc1cc([C@H]2CC(c3ccc(NS(C)(=O)=O)cc3)=NN2C(C)=O)cc(OC)c1OC. The first kappa shape index (κ1) is 22.4. The monoisotopic (exact) mass is 447 g/mol. The van der Waals surface area contributed by atoms with Crippen LogP contribution in [0.2, 0.25) is 0 Å². The maximum Gasteiger partial charge on any atom is 0.240 e. The number of hydrazone groups is 1. The van der Waals surface area contributed by atoms with Crippen LogP contribution in [0, 0.1) is 0 Å². The van der Waals surface area contributed by atoms with Gasteiger partial charge in [0.25, 0.3) is 0 Å². The number of hydrogen-bond acceptors (Lipinski definition) is 7. The van der Waals surface area contributed by atoms with Crippen molar-refractivity contribution in [3.8, 4) is 17.2 Å². The Morgan fingerprint density at radius 3 is 2.10 bits per heavy atom. The summed E-state index contributed by atoms with van der Waals surface area (Å²) < 4.78 is 41.5. The Labute approximate surface area is 181 Å². The van der Waals surface area contributed by atoms with E-state index in [1.807, 2.05) is 0 Å². The molecule has 0 aliphatic carbocycles. The molecule has 1 aliphatic rings. The molecular weight excluding hydrogens is 422 g/mol. The summed E-state index contributed by atoms with van der Waals surface area (Å²) in [4.78, 5) is 12.3. The number of nitrogens with zero attached hydrogens (tertiary/aromatic N) is 2. The molecule has 0 fully saturated rings. The van der Waals surface area contributed by atoms with Crippen LogP contribution < -0.4 is 18.9 Å². The van der Waals surface area contributed by atoms with Crippen molar-refractivity contribution < 1.29 is 27.4 Å². The van der Waals surface area contributed by atoms with E-state index in [1.54, 1.807) is 36.4 Å². The molecule has 166 valence electrons. The molecule has 1 heterocycles. The second-order valence-electron chi connectivity index (χ2n) is 7.04. The van der Waals surface area contributed by atoms with Gasteiger partial charge in [0.15, 0.2) is 11.5 Å². The van der Waals surface area contributed by atoms with Gasteiger partial charge in [0.1, 0.15) is 0 Å². The first-order valence-electron chi connectivity index (χ1n) is 9.42. The molecule has 3 rings (SSSR count). The van der Waals surface area contributed by atoms with Crippen LogP contribution in [-0.2, 0) is 14.8 Å². The van der Waals surface area contributed by atoms with E-state index in [0.717, 1.165) is 17.4 Å².